The molecule has 2 atom stereocenters. The van der Waals surface area contributed by atoms with E-state index in [0.717, 1.165) is 19.3 Å². The quantitative estimate of drug-likeness (QED) is 0.451. The van der Waals surface area contributed by atoms with Crippen LogP contribution in [0.3, 0.4) is 0 Å². The van der Waals surface area contributed by atoms with Gasteiger partial charge in [0.25, 0.3) is 0 Å². The Bertz CT molecular complexity index is 519. The normalized spacial score (nSPS) is 35.1. The topological polar surface area (TPSA) is 78.9 Å². The van der Waals surface area contributed by atoms with Crippen molar-refractivity contribution in [2.45, 2.75) is 44.6 Å². The highest BCUT2D eigenvalue weighted by Crippen LogP contribution is 2.55. The van der Waals surface area contributed by atoms with Crippen molar-refractivity contribution in [2.75, 3.05) is 6.79 Å². The molecule has 4 aliphatic carbocycles. The number of Topliss-reactive ketones (excluding diaryl/α,β-unsaturated/α-hetero) is 1. The molecule has 0 aromatic carbocycles. The molecule has 0 aromatic rings. The predicted octanol–water partition coefficient (Wildman–Crippen LogP) is 2.36. The van der Waals surface area contributed by atoms with Crippen LogP contribution in [-0.2, 0) is 23.8 Å². The fourth-order valence-corrected chi connectivity index (χ4v) is 4.26. The van der Waals surface area contributed by atoms with Gasteiger partial charge in [-0.2, -0.15) is 0 Å². The Hall–Kier alpha value is -1.85. The molecule has 120 valence electrons. The monoisotopic (exact) mass is 308 g/mol. The summed E-state index contributed by atoms with van der Waals surface area (Å²) in [6.07, 6.45) is 2.99. The molecule has 4 saturated carbocycles. The van der Waals surface area contributed by atoms with Crippen LogP contribution >= 0.6 is 0 Å². The van der Waals surface area contributed by atoms with Gasteiger partial charge in [-0.15, -0.1) is 0 Å². The lowest BCUT2D eigenvalue weighted by molar-refractivity contribution is -0.171. The van der Waals surface area contributed by atoms with Crippen LogP contribution in [0.4, 0.5) is 4.79 Å². The van der Waals surface area contributed by atoms with Gasteiger partial charge in [0.05, 0.1) is 0 Å². The number of ketones is 1. The molecular weight excluding hydrogens is 288 g/mol. The Morgan fingerprint density at radius 3 is 2.41 bits per heavy atom. The van der Waals surface area contributed by atoms with Gasteiger partial charge >= 0.3 is 12.1 Å². The molecule has 0 saturated heterocycles. The number of carbonyl (C=O) groups is 3. The molecule has 4 aliphatic rings. The minimum Gasteiger partial charge on any atom is -0.428 e. The van der Waals surface area contributed by atoms with Crippen molar-refractivity contribution < 1.29 is 28.6 Å². The smallest absolute Gasteiger partial charge is 0.428 e. The van der Waals surface area contributed by atoms with Crippen molar-refractivity contribution in [1.82, 2.24) is 0 Å². The first-order chi connectivity index (χ1) is 10.4. The minimum atomic E-state index is -0.844. The summed E-state index contributed by atoms with van der Waals surface area (Å²) in [4.78, 5) is 35.1. The molecule has 0 spiro atoms. The molecule has 0 aromatic heterocycles. The van der Waals surface area contributed by atoms with Crippen molar-refractivity contribution in [1.29, 1.82) is 0 Å². The molecule has 22 heavy (non-hydrogen) atoms. The fourth-order valence-electron chi connectivity index (χ4n) is 4.26. The van der Waals surface area contributed by atoms with Crippen LogP contribution in [0.5, 0.6) is 0 Å². The lowest BCUT2D eigenvalue weighted by atomic mass is 9.53. The van der Waals surface area contributed by atoms with E-state index in [0.29, 0.717) is 24.5 Å². The Morgan fingerprint density at radius 1 is 1.18 bits per heavy atom. The maximum atomic E-state index is 12.1. The molecule has 0 heterocycles. The number of esters is 1. The summed E-state index contributed by atoms with van der Waals surface area (Å²) in [7, 11) is 0. The third-order valence-electron chi connectivity index (χ3n) is 4.95. The molecule has 0 N–H and O–H groups in total. The van der Waals surface area contributed by atoms with Gasteiger partial charge in [-0.1, -0.05) is 6.58 Å². The van der Waals surface area contributed by atoms with Gasteiger partial charge in [0.1, 0.15) is 11.4 Å². The van der Waals surface area contributed by atoms with Crippen molar-refractivity contribution in [3.05, 3.63) is 12.2 Å². The first-order valence-electron chi connectivity index (χ1n) is 7.61. The first-order valence-corrected chi connectivity index (χ1v) is 7.61. The van der Waals surface area contributed by atoms with Gasteiger partial charge in [-0.3, -0.25) is 4.79 Å². The zero-order valence-electron chi connectivity index (χ0n) is 12.6. The third-order valence-corrected chi connectivity index (χ3v) is 4.95. The maximum Gasteiger partial charge on any atom is 0.511 e. The third kappa shape index (κ3) is 2.74. The molecule has 2 unspecified atom stereocenters. The van der Waals surface area contributed by atoms with E-state index in [2.05, 4.69) is 6.58 Å². The number of carbonyl (C=O) groups excluding carboxylic acids is 3. The molecule has 0 aliphatic heterocycles. The van der Waals surface area contributed by atoms with Gasteiger partial charge in [0, 0.05) is 17.4 Å². The summed E-state index contributed by atoms with van der Waals surface area (Å²) in [5, 5.41) is 0. The summed E-state index contributed by atoms with van der Waals surface area (Å²) < 4.78 is 15.0. The summed E-state index contributed by atoms with van der Waals surface area (Å²) in [5.74, 6) is 0.233. The summed E-state index contributed by atoms with van der Waals surface area (Å²) in [5.41, 5.74) is -0.337. The zero-order valence-corrected chi connectivity index (χ0v) is 12.6. The minimum absolute atomic E-state index is 0.0280. The predicted molar refractivity (Wildman–Crippen MR) is 74.6 cm³/mol. The molecule has 4 bridgehead atoms. The van der Waals surface area contributed by atoms with Crippen molar-refractivity contribution in [2.24, 2.45) is 17.8 Å². The fraction of sp³-hybridized carbons (Fsp3) is 0.688. The van der Waals surface area contributed by atoms with Crippen LogP contribution in [0, 0.1) is 17.8 Å². The second kappa shape index (κ2) is 5.41. The molecule has 6 nitrogen and oxygen atoms in total. The Balaban J connectivity index is 1.53. The van der Waals surface area contributed by atoms with E-state index in [1.54, 1.807) is 0 Å². The standard InChI is InChI=1S/C16H20O6/c1-9(2)14(18)20-8-21-15(19)22-16-5-10-3-11(6-16)13(17)12(4-10)7-16/h10-12H,1,3-8H2,2H3. The lowest BCUT2D eigenvalue weighted by Gasteiger charge is -2.54. The molecule has 0 amide bonds. The van der Waals surface area contributed by atoms with Crippen LogP contribution in [0.2, 0.25) is 0 Å². The van der Waals surface area contributed by atoms with E-state index in [-0.39, 0.29) is 17.4 Å². The highest BCUT2D eigenvalue weighted by molar-refractivity contribution is 5.87. The molecule has 4 fully saturated rings. The van der Waals surface area contributed by atoms with Crippen molar-refractivity contribution in [3.63, 3.8) is 0 Å². The molecule has 6 heteroatoms. The van der Waals surface area contributed by atoms with Crippen molar-refractivity contribution >= 4 is 17.9 Å². The Labute approximate surface area is 128 Å². The highest BCUT2D eigenvalue weighted by Gasteiger charge is 2.57. The lowest BCUT2D eigenvalue weighted by Crippen LogP contribution is -2.56. The van der Waals surface area contributed by atoms with Crippen LogP contribution in [0.1, 0.15) is 39.0 Å². The molecular formula is C16H20O6. The van der Waals surface area contributed by atoms with E-state index in [1.807, 2.05) is 0 Å². The number of hydrogen-bond acceptors (Lipinski definition) is 6. The second-order valence-corrected chi connectivity index (χ2v) is 6.76. The van der Waals surface area contributed by atoms with E-state index in [9.17, 15) is 14.4 Å². The summed E-state index contributed by atoms with van der Waals surface area (Å²) in [6, 6.07) is 0. The Morgan fingerprint density at radius 2 is 1.82 bits per heavy atom. The summed E-state index contributed by atoms with van der Waals surface area (Å²) >= 11 is 0. The average Bonchev–Trinajstić information content (AvgIpc) is 2.42. The number of rotatable bonds is 4. The van der Waals surface area contributed by atoms with Gasteiger partial charge < -0.3 is 14.2 Å². The highest BCUT2D eigenvalue weighted by atomic mass is 16.8. The van der Waals surface area contributed by atoms with Crippen LogP contribution in [0.25, 0.3) is 0 Å². The Kier molecular flexibility index (Phi) is 3.70. The second-order valence-electron chi connectivity index (χ2n) is 6.76. The van der Waals surface area contributed by atoms with Gasteiger partial charge in [0.2, 0.25) is 6.79 Å². The van der Waals surface area contributed by atoms with Gasteiger partial charge in [-0.05, 0) is 44.9 Å². The van der Waals surface area contributed by atoms with Crippen LogP contribution in [-0.4, -0.2) is 30.3 Å². The average molecular weight is 308 g/mol. The SMILES string of the molecule is C=C(C)C(=O)OCOC(=O)OC12CC3CC(C1)C(=O)C(C3)C2. The summed E-state index contributed by atoms with van der Waals surface area (Å²) in [6.45, 7) is 4.45. The van der Waals surface area contributed by atoms with E-state index in [1.165, 1.54) is 6.92 Å². The number of hydrogen-bond donors (Lipinski definition) is 0. The largest absolute Gasteiger partial charge is 0.511 e. The van der Waals surface area contributed by atoms with Crippen LogP contribution in [0.15, 0.2) is 12.2 Å². The molecule has 0 radical (unpaired) electrons. The first kappa shape index (κ1) is 15.1. The van der Waals surface area contributed by atoms with Crippen LogP contribution < -0.4 is 0 Å². The van der Waals surface area contributed by atoms with E-state index >= 15 is 0 Å². The number of ether oxygens (including phenoxy) is 3. The van der Waals surface area contributed by atoms with E-state index < -0.39 is 24.5 Å². The molecule has 4 rings (SSSR count). The van der Waals surface area contributed by atoms with Crippen molar-refractivity contribution in [3.8, 4) is 0 Å². The zero-order chi connectivity index (χ0) is 15.9. The maximum absolute atomic E-state index is 12.1. The van der Waals surface area contributed by atoms with E-state index in [4.69, 9.17) is 14.2 Å². The van der Waals surface area contributed by atoms with Gasteiger partial charge in [0.15, 0.2) is 0 Å². The van der Waals surface area contributed by atoms with Gasteiger partial charge in [-0.25, -0.2) is 9.59 Å².